The molecule has 0 fully saturated rings. The van der Waals surface area contributed by atoms with Gasteiger partial charge in [-0.1, -0.05) is 0 Å². The minimum Gasteiger partial charge on any atom is -0.258 e. The predicted molar refractivity (Wildman–Crippen MR) is 72.0 cm³/mol. The van der Waals surface area contributed by atoms with Crippen molar-refractivity contribution in [1.29, 1.82) is 0 Å². The highest BCUT2D eigenvalue weighted by Gasteiger charge is 2.17. The second-order valence-electron chi connectivity index (χ2n) is 3.36. The van der Waals surface area contributed by atoms with Crippen molar-refractivity contribution >= 4 is 43.4 Å². The fourth-order valence-corrected chi connectivity index (χ4v) is 3.60. The van der Waals surface area contributed by atoms with E-state index in [1.54, 1.807) is 6.92 Å². The molecule has 0 aliphatic heterocycles. The number of aromatic nitrogens is 1. The number of primary sulfonamides is 1. The Morgan fingerprint density at radius 2 is 2.22 bits per heavy atom. The van der Waals surface area contributed by atoms with E-state index >= 15 is 0 Å². The number of halogens is 1. The molecule has 0 atom stereocenters. The summed E-state index contributed by atoms with van der Waals surface area (Å²) in [5.74, 6) is 0.0590. The van der Waals surface area contributed by atoms with Crippen LogP contribution in [0, 0.1) is 17.0 Å². The molecule has 1 aromatic heterocycles. The molecule has 1 aromatic rings. The van der Waals surface area contributed by atoms with Gasteiger partial charge in [0.2, 0.25) is 10.0 Å². The van der Waals surface area contributed by atoms with E-state index in [9.17, 15) is 18.5 Å². The highest BCUT2D eigenvalue weighted by Crippen LogP contribution is 2.32. The summed E-state index contributed by atoms with van der Waals surface area (Å²) in [5.41, 5.74) is 0.366. The Kier molecular flexibility index (Phi) is 5.08. The van der Waals surface area contributed by atoms with Crippen molar-refractivity contribution in [2.75, 3.05) is 11.5 Å². The summed E-state index contributed by atoms with van der Waals surface area (Å²) in [5, 5.41) is 16.0. The smallest absolute Gasteiger partial charge is 0.258 e. The number of nitrogens with two attached hydrogens (primary N) is 1. The average Bonchev–Trinajstić information content (AvgIpc) is 2.22. The number of nitro groups is 1. The number of pyridine rings is 1. The first-order chi connectivity index (χ1) is 8.22. The molecule has 0 bridgehead atoms. The molecule has 0 saturated carbocycles. The van der Waals surface area contributed by atoms with E-state index in [0.29, 0.717) is 15.1 Å². The third-order valence-electron chi connectivity index (χ3n) is 2.01. The summed E-state index contributed by atoms with van der Waals surface area (Å²) in [6.07, 6.45) is 1.15. The summed E-state index contributed by atoms with van der Waals surface area (Å²) < 4.78 is 22.0. The molecule has 0 aliphatic rings. The second-order valence-corrected chi connectivity index (χ2v) is 6.97. The van der Waals surface area contributed by atoms with Crippen LogP contribution in [0.4, 0.5) is 5.69 Å². The second kappa shape index (κ2) is 5.95. The van der Waals surface area contributed by atoms with Crippen molar-refractivity contribution in [1.82, 2.24) is 4.98 Å². The van der Waals surface area contributed by atoms with Crippen LogP contribution < -0.4 is 5.14 Å². The number of sulfonamides is 1. The Hall–Kier alpha value is -0.710. The molecule has 0 aromatic carbocycles. The van der Waals surface area contributed by atoms with E-state index in [-0.39, 0.29) is 17.2 Å². The summed E-state index contributed by atoms with van der Waals surface area (Å²) in [7, 11) is -3.51. The molecule has 2 N–H and O–H groups in total. The Morgan fingerprint density at radius 3 is 2.72 bits per heavy atom. The summed E-state index contributed by atoms with van der Waals surface area (Å²) in [6, 6.07) is 0. The highest BCUT2D eigenvalue weighted by molar-refractivity contribution is 9.10. The first kappa shape index (κ1) is 15.3. The zero-order valence-corrected chi connectivity index (χ0v) is 12.5. The number of nitrogens with zero attached hydrogens (tertiary/aromatic N) is 2. The zero-order valence-electron chi connectivity index (χ0n) is 9.29. The lowest BCUT2D eigenvalue weighted by atomic mass is 10.3. The fourth-order valence-electron chi connectivity index (χ4n) is 1.09. The van der Waals surface area contributed by atoms with E-state index in [4.69, 9.17) is 5.14 Å². The normalized spacial score (nSPS) is 11.5. The molecule has 0 spiro atoms. The summed E-state index contributed by atoms with van der Waals surface area (Å²) in [6.45, 7) is 1.59. The molecule has 0 amide bonds. The van der Waals surface area contributed by atoms with E-state index in [2.05, 4.69) is 20.9 Å². The van der Waals surface area contributed by atoms with Crippen LogP contribution in [-0.2, 0) is 10.0 Å². The minimum absolute atomic E-state index is 0.0855. The van der Waals surface area contributed by atoms with Gasteiger partial charge in [0.25, 0.3) is 5.69 Å². The van der Waals surface area contributed by atoms with Crippen molar-refractivity contribution in [2.45, 2.75) is 11.9 Å². The van der Waals surface area contributed by atoms with E-state index in [0.717, 1.165) is 6.20 Å². The maximum Gasteiger partial charge on any atom is 0.291 e. The Morgan fingerprint density at radius 1 is 1.61 bits per heavy atom. The van der Waals surface area contributed by atoms with Crippen molar-refractivity contribution in [3.63, 3.8) is 0 Å². The maximum absolute atomic E-state index is 10.8. The lowest BCUT2D eigenvalue weighted by Gasteiger charge is -2.05. The van der Waals surface area contributed by atoms with Gasteiger partial charge in [-0.15, -0.1) is 11.8 Å². The van der Waals surface area contributed by atoms with Gasteiger partial charge >= 0.3 is 0 Å². The molecular formula is C8H10BrN3O4S2. The first-order valence-corrected chi connectivity index (χ1v) is 8.14. The highest BCUT2D eigenvalue weighted by atomic mass is 79.9. The lowest BCUT2D eigenvalue weighted by Crippen LogP contribution is -2.17. The van der Waals surface area contributed by atoms with E-state index < -0.39 is 14.9 Å². The van der Waals surface area contributed by atoms with E-state index in [1.165, 1.54) is 11.8 Å². The van der Waals surface area contributed by atoms with Gasteiger partial charge < -0.3 is 0 Å². The molecule has 0 unspecified atom stereocenters. The van der Waals surface area contributed by atoms with Crippen LogP contribution in [0.5, 0.6) is 0 Å². The number of hydrogen-bond acceptors (Lipinski definition) is 6. The largest absolute Gasteiger partial charge is 0.291 e. The topological polar surface area (TPSA) is 116 Å². The van der Waals surface area contributed by atoms with Gasteiger partial charge in [-0.2, -0.15) is 0 Å². The molecule has 7 nitrogen and oxygen atoms in total. The molecule has 18 heavy (non-hydrogen) atoms. The standard InChI is InChI=1S/C8H10BrN3O4S2/c1-5-6(12(13)14)4-11-8(7(5)9)17-2-3-18(10,15)16/h4H,2-3H2,1H3,(H2,10,15,16). The van der Waals surface area contributed by atoms with E-state index in [1.807, 2.05) is 0 Å². The zero-order chi connectivity index (χ0) is 13.9. The molecule has 0 saturated heterocycles. The van der Waals surface area contributed by atoms with Crippen LogP contribution in [0.1, 0.15) is 5.56 Å². The molecule has 0 aliphatic carbocycles. The average molecular weight is 356 g/mol. The molecule has 100 valence electrons. The quantitative estimate of drug-likeness (QED) is 0.485. The minimum atomic E-state index is -3.51. The van der Waals surface area contributed by atoms with Crippen LogP contribution >= 0.6 is 27.7 Å². The third kappa shape index (κ3) is 4.19. The SMILES string of the molecule is Cc1c([N+](=O)[O-])cnc(SCCS(N)(=O)=O)c1Br. The molecular weight excluding hydrogens is 346 g/mol. The molecule has 0 radical (unpaired) electrons. The molecule has 1 rings (SSSR count). The maximum atomic E-state index is 10.8. The van der Waals surface area contributed by atoms with Crippen LogP contribution in [0.25, 0.3) is 0 Å². The van der Waals surface area contributed by atoms with Crippen LogP contribution in [0.3, 0.4) is 0 Å². The van der Waals surface area contributed by atoms with Crippen LogP contribution in [0.2, 0.25) is 0 Å². The third-order valence-corrected chi connectivity index (χ3v) is 5.26. The van der Waals surface area contributed by atoms with Gasteiger partial charge in [-0.3, -0.25) is 10.1 Å². The number of rotatable bonds is 5. The van der Waals surface area contributed by atoms with Gasteiger partial charge in [0.15, 0.2) is 0 Å². The molecule has 1 heterocycles. The van der Waals surface area contributed by atoms with Gasteiger partial charge in [0.05, 0.1) is 15.1 Å². The van der Waals surface area contributed by atoms with Crippen molar-refractivity contribution in [3.8, 4) is 0 Å². The lowest BCUT2D eigenvalue weighted by molar-refractivity contribution is -0.385. The Bertz CT molecular complexity index is 576. The fraction of sp³-hybridized carbons (Fsp3) is 0.375. The van der Waals surface area contributed by atoms with Gasteiger partial charge in [-0.25, -0.2) is 18.5 Å². The van der Waals surface area contributed by atoms with Crippen molar-refractivity contribution < 1.29 is 13.3 Å². The van der Waals surface area contributed by atoms with Crippen molar-refractivity contribution in [2.24, 2.45) is 5.14 Å². The van der Waals surface area contributed by atoms with Crippen LogP contribution in [-0.4, -0.2) is 29.8 Å². The number of thioether (sulfide) groups is 1. The predicted octanol–water partition coefficient (Wildman–Crippen LogP) is 1.44. The summed E-state index contributed by atoms with van der Waals surface area (Å²) in [4.78, 5) is 14.1. The van der Waals surface area contributed by atoms with Gasteiger partial charge in [-0.05, 0) is 22.9 Å². The molecule has 10 heteroatoms. The Labute approximate surface area is 116 Å². The summed E-state index contributed by atoms with van der Waals surface area (Å²) >= 11 is 4.38. The first-order valence-electron chi connectivity index (χ1n) is 4.65. The van der Waals surface area contributed by atoms with Crippen molar-refractivity contribution in [3.05, 3.63) is 26.3 Å². The number of hydrogen-bond donors (Lipinski definition) is 1. The Balaban J connectivity index is 2.86. The van der Waals surface area contributed by atoms with Gasteiger partial charge in [0, 0.05) is 11.3 Å². The van der Waals surface area contributed by atoms with Crippen LogP contribution in [0.15, 0.2) is 15.7 Å². The van der Waals surface area contributed by atoms with Gasteiger partial charge in [0.1, 0.15) is 11.2 Å². The monoisotopic (exact) mass is 355 g/mol.